The molecule has 0 N–H and O–H groups in total. The van der Waals surface area contributed by atoms with Crippen LogP contribution in [0.4, 0.5) is 0 Å². The Balaban J connectivity index is 1.54. The summed E-state index contributed by atoms with van der Waals surface area (Å²) in [5, 5.41) is 4.42. The second kappa shape index (κ2) is 11.0. The van der Waals surface area contributed by atoms with Gasteiger partial charge in [0.05, 0.1) is 38.8 Å². The third-order valence-corrected chi connectivity index (χ3v) is 5.51. The fraction of sp³-hybridized carbons (Fsp3) is 0.360. The lowest BCUT2D eigenvalue weighted by Gasteiger charge is -2.26. The van der Waals surface area contributed by atoms with Crippen molar-refractivity contribution in [3.05, 3.63) is 60.3 Å². The summed E-state index contributed by atoms with van der Waals surface area (Å²) in [6.07, 6.45) is 1.50. The third-order valence-electron chi connectivity index (χ3n) is 5.51. The summed E-state index contributed by atoms with van der Waals surface area (Å²) in [6.45, 7) is 6.45. The van der Waals surface area contributed by atoms with Gasteiger partial charge in [-0.1, -0.05) is 24.3 Å². The van der Waals surface area contributed by atoms with Crippen LogP contribution >= 0.6 is 0 Å². The van der Waals surface area contributed by atoms with E-state index in [0.29, 0.717) is 18.1 Å². The molecule has 0 spiro atoms. The van der Waals surface area contributed by atoms with Crippen LogP contribution in [-0.2, 0) is 9.47 Å². The molecule has 0 unspecified atom stereocenters. The van der Waals surface area contributed by atoms with Crippen LogP contribution in [0.1, 0.15) is 17.3 Å². The predicted octanol–water partition coefficient (Wildman–Crippen LogP) is 3.44. The quantitative estimate of drug-likeness (QED) is 0.462. The van der Waals surface area contributed by atoms with Gasteiger partial charge in [0.15, 0.2) is 0 Å². The highest BCUT2D eigenvalue weighted by Gasteiger charge is 2.22. The molecule has 0 saturated carbocycles. The molecule has 0 atom stereocenters. The van der Waals surface area contributed by atoms with E-state index < -0.39 is 5.97 Å². The number of rotatable bonds is 9. The van der Waals surface area contributed by atoms with E-state index in [-0.39, 0.29) is 6.61 Å². The Labute approximate surface area is 193 Å². The average Bonchev–Trinajstić information content (AvgIpc) is 3.29. The number of hydrogen-bond donors (Lipinski definition) is 0. The number of hydrogen-bond acceptors (Lipinski definition) is 7. The molecule has 0 aliphatic carbocycles. The molecule has 0 bridgehead atoms. The van der Waals surface area contributed by atoms with Gasteiger partial charge in [0.2, 0.25) is 5.88 Å². The minimum atomic E-state index is -0.444. The molecule has 3 aromatic rings. The van der Waals surface area contributed by atoms with Gasteiger partial charge in [-0.2, -0.15) is 5.10 Å². The number of benzene rings is 2. The van der Waals surface area contributed by atoms with Gasteiger partial charge in [-0.15, -0.1) is 0 Å². The number of nitrogens with zero attached hydrogens (tertiary/aromatic N) is 3. The molecule has 8 heteroatoms. The zero-order valence-electron chi connectivity index (χ0n) is 19.0. The predicted molar refractivity (Wildman–Crippen MR) is 124 cm³/mol. The molecule has 174 valence electrons. The lowest BCUT2D eigenvalue weighted by molar-refractivity contribution is 0.0316. The lowest BCUT2D eigenvalue weighted by atomic mass is 10.1. The number of ether oxygens (including phenoxy) is 4. The summed E-state index contributed by atoms with van der Waals surface area (Å²) in [6, 6.07) is 15.8. The zero-order chi connectivity index (χ0) is 23.0. The summed E-state index contributed by atoms with van der Waals surface area (Å²) in [4.78, 5) is 14.7. The van der Waals surface area contributed by atoms with Crippen molar-refractivity contribution in [2.24, 2.45) is 0 Å². The Bertz CT molecular complexity index is 1040. The molecule has 1 saturated heterocycles. The van der Waals surface area contributed by atoms with Gasteiger partial charge in [0, 0.05) is 19.6 Å². The standard InChI is InChI=1S/C25H29N3O5/c1-3-32-25(29)23-18-26-28(24(23)33-17-14-27-12-15-31-16-13-27)21-8-4-19(5-9-21)20-6-10-22(30-2)11-7-20/h4-11,18H,3,12-17H2,1-2H3. The highest BCUT2D eigenvalue weighted by molar-refractivity contribution is 5.92. The van der Waals surface area contributed by atoms with Crippen molar-refractivity contribution in [3.8, 4) is 28.4 Å². The fourth-order valence-electron chi connectivity index (χ4n) is 3.68. The smallest absolute Gasteiger partial charge is 0.345 e. The number of esters is 1. The molecule has 33 heavy (non-hydrogen) atoms. The maximum atomic E-state index is 12.5. The van der Waals surface area contributed by atoms with E-state index in [2.05, 4.69) is 10.00 Å². The minimum Gasteiger partial charge on any atom is -0.497 e. The van der Waals surface area contributed by atoms with E-state index in [0.717, 1.165) is 55.4 Å². The molecule has 2 aromatic carbocycles. The second-order valence-corrected chi connectivity index (χ2v) is 7.57. The Kier molecular flexibility index (Phi) is 7.59. The van der Waals surface area contributed by atoms with E-state index in [1.807, 2.05) is 48.5 Å². The van der Waals surface area contributed by atoms with Crippen molar-refractivity contribution in [1.82, 2.24) is 14.7 Å². The molecular weight excluding hydrogens is 422 g/mol. The largest absolute Gasteiger partial charge is 0.497 e. The van der Waals surface area contributed by atoms with Crippen LogP contribution in [0.5, 0.6) is 11.6 Å². The molecule has 0 amide bonds. The summed E-state index contributed by atoms with van der Waals surface area (Å²) in [7, 11) is 1.65. The minimum absolute atomic E-state index is 0.286. The van der Waals surface area contributed by atoms with Gasteiger partial charge in [-0.05, 0) is 42.3 Å². The SMILES string of the molecule is CCOC(=O)c1cnn(-c2ccc(-c3ccc(OC)cc3)cc2)c1OCCN1CCOCC1. The van der Waals surface area contributed by atoms with Crippen LogP contribution in [0.25, 0.3) is 16.8 Å². The first-order chi connectivity index (χ1) is 16.2. The van der Waals surface area contributed by atoms with Crippen LogP contribution in [-0.4, -0.2) is 73.8 Å². The van der Waals surface area contributed by atoms with Gasteiger partial charge < -0.3 is 18.9 Å². The topological polar surface area (TPSA) is 75.0 Å². The Morgan fingerprint density at radius 1 is 1.03 bits per heavy atom. The van der Waals surface area contributed by atoms with E-state index in [1.165, 1.54) is 6.20 Å². The van der Waals surface area contributed by atoms with Gasteiger partial charge in [-0.25, -0.2) is 9.48 Å². The van der Waals surface area contributed by atoms with Crippen molar-refractivity contribution in [2.75, 3.05) is 53.2 Å². The first-order valence-corrected chi connectivity index (χ1v) is 11.1. The van der Waals surface area contributed by atoms with E-state index in [4.69, 9.17) is 18.9 Å². The van der Waals surface area contributed by atoms with Crippen LogP contribution in [0, 0.1) is 0 Å². The first kappa shape index (κ1) is 22.8. The van der Waals surface area contributed by atoms with Gasteiger partial charge >= 0.3 is 5.97 Å². The van der Waals surface area contributed by atoms with E-state index in [9.17, 15) is 4.79 Å². The molecular formula is C25H29N3O5. The van der Waals surface area contributed by atoms with Crippen molar-refractivity contribution in [3.63, 3.8) is 0 Å². The molecule has 1 aliphatic rings. The number of morpholine rings is 1. The van der Waals surface area contributed by atoms with Crippen molar-refractivity contribution in [2.45, 2.75) is 6.92 Å². The highest BCUT2D eigenvalue weighted by Crippen LogP contribution is 2.27. The van der Waals surface area contributed by atoms with Crippen LogP contribution in [0.15, 0.2) is 54.7 Å². The maximum absolute atomic E-state index is 12.5. The van der Waals surface area contributed by atoms with Gasteiger partial charge in [-0.3, -0.25) is 4.90 Å². The Hall–Kier alpha value is -3.36. The molecule has 4 rings (SSSR count). The summed E-state index contributed by atoms with van der Waals surface area (Å²) >= 11 is 0. The van der Waals surface area contributed by atoms with Crippen molar-refractivity contribution < 1.29 is 23.7 Å². The monoisotopic (exact) mass is 451 g/mol. The van der Waals surface area contributed by atoms with Crippen molar-refractivity contribution >= 4 is 5.97 Å². The highest BCUT2D eigenvalue weighted by atomic mass is 16.5. The molecule has 2 heterocycles. The van der Waals surface area contributed by atoms with Crippen LogP contribution in [0.2, 0.25) is 0 Å². The summed E-state index contributed by atoms with van der Waals surface area (Å²) in [5.41, 5.74) is 3.26. The average molecular weight is 452 g/mol. The van der Waals surface area contributed by atoms with Gasteiger partial charge in [0.25, 0.3) is 0 Å². The molecule has 1 fully saturated rings. The second-order valence-electron chi connectivity index (χ2n) is 7.57. The summed E-state index contributed by atoms with van der Waals surface area (Å²) < 4.78 is 23.5. The number of carbonyl (C=O) groups is 1. The molecule has 1 aliphatic heterocycles. The van der Waals surface area contributed by atoms with Gasteiger partial charge in [0.1, 0.15) is 17.9 Å². The normalized spacial score (nSPS) is 14.1. The first-order valence-electron chi connectivity index (χ1n) is 11.1. The van der Waals surface area contributed by atoms with E-state index >= 15 is 0 Å². The fourth-order valence-corrected chi connectivity index (χ4v) is 3.68. The van der Waals surface area contributed by atoms with Crippen LogP contribution in [0.3, 0.4) is 0 Å². The third kappa shape index (κ3) is 5.53. The zero-order valence-corrected chi connectivity index (χ0v) is 19.0. The van der Waals surface area contributed by atoms with E-state index in [1.54, 1.807) is 18.7 Å². The number of aromatic nitrogens is 2. The van der Waals surface area contributed by atoms with Crippen LogP contribution < -0.4 is 9.47 Å². The van der Waals surface area contributed by atoms with Crippen molar-refractivity contribution in [1.29, 1.82) is 0 Å². The molecule has 1 aromatic heterocycles. The number of methoxy groups -OCH3 is 1. The Morgan fingerprint density at radius 3 is 2.33 bits per heavy atom. The number of carbonyl (C=O) groups excluding carboxylic acids is 1. The Morgan fingerprint density at radius 2 is 1.70 bits per heavy atom. The lowest BCUT2D eigenvalue weighted by Crippen LogP contribution is -2.38. The summed E-state index contributed by atoms with van der Waals surface area (Å²) in [5.74, 6) is 0.760. The molecule has 0 radical (unpaired) electrons. The molecule has 8 nitrogen and oxygen atoms in total. The maximum Gasteiger partial charge on any atom is 0.345 e.